The fraction of sp³-hybridized carbons (Fsp3) is 0.905. The summed E-state index contributed by atoms with van der Waals surface area (Å²) in [6.07, 6.45) is 62.8. The van der Waals surface area contributed by atoms with Crippen molar-refractivity contribution in [3.05, 3.63) is 24.3 Å². The third-order valence-corrected chi connectivity index (χ3v) is 15.3. The summed E-state index contributed by atoms with van der Waals surface area (Å²) in [4.78, 5) is 40.0. The molecule has 0 aromatic carbocycles. The third kappa shape index (κ3) is 55.1. The van der Waals surface area contributed by atoms with Crippen LogP contribution < -0.4 is 10.2 Å². The lowest BCUT2D eigenvalue weighted by atomic mass is 10.0. The molecule has 0 aliphatic rings. The Labute approximate surface area is 454 Å². The summed E-state index contributed by atoms with van der Waals surface area (Å²) in [6, 6.07) is -0.882. The molecular formula is C63H123N2O7P. The Morgan fingerprint density at radius 3 is 1.16 bits per heavy atom. The van der Waals surface area contributed by atoms with Crippen LogP contribution in [-0.2, 0) is 27.9 Å². The van der Waals surface area contributed by atoms with E-state index in [1.807, 2.05) is 33.3 Å². The third-order valence-electron chi connectivity index (χ3n) is 14.4. The zero-order valence-electron chi connectivity index (χ0n) is 49.4. The van der Waals surface area contributed by atoms with Crippen molar-refractivity contribution in [2.24, 2.45) is 0 Å². The molecule has 73 heavy (non-hydrogen) atoms. The number of hydrogen-bond acceptors (Lipinski definition) is 7. The van der Waals surface area contributed by atoms with Gasteiger partial charge in [-0.1, -0.05) is 270 Å². The lowest BCUT2D eigenvalue weighted by Crippen LogP contribution is -2.47. The highest BCUT2D eigenvalue weighted by atomic mass is 31.2. The van der Waals surface area contributed by atoms with E-state index in [0.29, 0.717) is 17.4 Å². The van der Waals surface area contributed by atoms with E-state index in [-0.39, 0.29) is 31.5 Å². The summed E-state index contributed by atoms with van der Waals surface area (Å²) in [5.41, 5.74) is 0. The maximum Gasteiger partial charge on any atom is 0.306 e. The Morgan fingerprint density at radius 1 is 0.466 bits per heavy atom. The molecule has 0 aromatic heterocycles. The van der Waals surface area contributed by atoms with E-state index in [0.717, 1.165) is 57.8 Å². The van der Waals surface area contributed by atoms with Gasteiger partial charge in [0.1, 0.15) is 19.3 Å². The fourth-order valence-corrected chi connectivity index (χ4v) is 10.2. The number of unbranched alkanes of at least 4 members (excludes halogenated alkanes) is 40. The highest BCUT2D eigenvalue weighted by Gasteiger charge is 2.27. The van der Waals surface area contributed by atoms with E-state index in [9.17, 15) is 19.0 Å². The molecule has 3 atom stereocenters. The van der Waals surface area contributed by atoms with Crippen molar-refractivity contribution in [2.45, 2.75) is 328 Å². The van der Waals surface area contributed by atoms with Gasteiger partial charge in [0.05, 0.1) is 33.8 Å². The van der Waals surface area contributed by atoms with Gasteiger partial charge in [-0.2, -0.15) is 0 Å². The Kier molecular flexibility index (Phi) is 52.8. The number of hydrogen-bond donors (Lipinski definition) is 1. The van der Waals surface area contributed by atoms with Crippen LogP contribution in [0.3, 0.4) is 0 Å². The smallest absolute Gasteiger partial charge is 0.306 e. The lowest BCUT2D eigenvalue weighted by Gasteiger charge is -2.30. The van der Waals surface area contributed by atoms with Gasteiger partial charge < -0.3 is 28.5 Å². The number of carbonyl (C=O) groups excluding carboxylic acids is 2. The van der Waals surface area contributed by atoms with Gasteiger partial charge in [0.15, 0.2) is 0 Å². The Hall–Kier alpha value is -1.51. The minimum Gasteiger partial charge on any atom is -0.756 e. The molecule has 0 bridgehead atoms. The number of likely N-dealkylation sites (N-methyl/N-ethyl adjacent to an activating group) is 1. The van der Waals surface area contributed by atoms with Crippen LogP contribution in [-0.4, -0.2) is 69.4 Å². The van der Waals surface area contributed by atoms with Gasteiger partial charge in [-0.3, -0.25) is 14.2 Å². The van der Waals surface area contributed by atoms with E-state index in [1.165, 1.54) is 225 Å². The van der Waals surface area contributed by atoms with Gasteiger partial charge >= 0.3 is 5.97 Å². The number of quaternary nitrogens is 1. The topological polar surface area (TPSA) is 114 Å². The van der Waals surface area contributed by atoms with Crippen LogP contribution in [0, 0.1) is 0 Å². The molecule has 432 valence electrons. The van der Waals surface area contributed by atoms with Crippen LogP contribution in [0.5, 0.6) is 0 Å². The molecule has 0 rings (SSSR count). The largest absolute Gasteiger partial charge is 0.756 e. The molecule has 0 saturated heterocycles. The molecule has 3 unspecified atom stereocenters. The van der Waals surface area contributed by atoms with Crippen molar-refractivity contribution in [3.63, 3.8) is 0 Å². The van der Waals surface area contributed by atoms with E-state index in [4.69, 9.17) is 13.8 Å². The van der Waals surface area contributed by atoms with E-state index in [1.54, 1.807) is 0 Å². The summed E-state index contributed by atoms with van der Waals surface area (Å²) >= 11 is 0. The summed E-state index contributed by atoms with van der Waals surface area (Å²) in [6.45, 7) is 6.88. The molecule has 0 aliphatic carbocycles. The Bertz CT molecular complexity index is 1300. The molecule has 9 nitrogen and oxygen atoms in total. The first-order chi connectivity index (χ1) is 35.4. The molecule has 0 saturated carbocycles. The van der Waals surface area contributed by atoms with Gasteiger partial charge in [0.25, 0.3) is 7.82 Å². The molecule has 1 amide bonds. The first-order valence-corrected chi connectivity index (χ1v) is 33.1. The monoisotopic (exact) mass is 1050 g/mol. The predicted octanol–water partition coefficient (Wildman–Crippen LogP) is 18.7. The summed E-state index contributed by atoms with van der Waals surface area (Å²) in [5.74, 6) is -0.525. The van der Waals surface area contributed by atoms with Crippen molar-refractivity contribution in [2.75, 3.05) is 40.9 Å². The first-order valence-electron chi connectivity index (χ1n) is 31.6. The molecule has 0 fully saturated rings. The van der Waals surface area contributed by atoms with Crippen LogP contribution >= 0.6 is 7.82 Å². The van der Waals surface area contributed by atoms with Crippen molar-refractivity contribution < 1.29 is 37.3 Å². The number of allylic oxidation sites excluding steroid dienone is 3. The van der Waals surface area contributed by atoms with Crippen LogP contribution in [0.25, 0.3) is 0 Å². The Balaban J connectivity index is 5.19. The Morgan fingerprint density at radius 2 is 0.795 bits per heavy atom. The zero-order valence-corrected chi connectivity index (χ0v) is 50.3. The van der Waals surface area contributed by atoms with Crippen molar-refractivity contribution >= 4 is 19.7 Å². The van der Waals surface area contributed by atoms with Gasteiger partial charge in [0.2, 0.25) is 5.91 Å². The molecule has 0 radical (unpaired) electrons. The number of amides is 1. The number of nitrogens with one attached hydrogen (secondary N) is 1. The van der Waals surface area contributed by atoms with Crippen molar-refractivity contribution in [1.82, 2.24) is 5.32 Å². The zero-order chi connectivity index (χ0) is 53.6. The molecular weight excluding hydrogens is 928 g/mol. The number of ether oxygens (including phenoxy) is 1. The van der Waals surface area contributed by atoms with Crippen LogP contribution in [0.15, 0.2) is 24.3 Å². The van der Waals surface area contributed by atoms with Gasteiger partial charge in [0, 0.05) is 12.8 Å². The average molecular weight is 1050 g/mol. The highest BCUT2D eigenvalue weighted by molar-refractivity contribution is 7.45. The molecule has 0 heterocycles. The number of esters is 1. The minimum absolute atomic E-state index is 0.0185. The van der Waals surface area contributed by atoms with Gasteiger partial charge in [-0.15, -0.1) is 0 Å². The molecule has 10 heteroatoms. The SMILES string of the molecule is CCCCCCCC/C=C/CCCCCCCCCCCCCC(=O)OC(/C=C/CCCCCCCCCCCCC)C(COP(=O)([O-])OCC[N+](C)(C)C)NC(=O)CCCCCCCCCCCCCCC. The normalized spacial score (nSPS) is 13.8. The van der Waals surface area contributed by atoms with Crippen LogP contribution in [0.4, 0.5) is 0 Å². The predicted molar refractivity (Wildman–Crippen MR) is 312 cm³/mol. The molecule has 0 aromatic rings. The minimum atomic E-state index is -4.69. The second-order valence-corrected chi connectivity index (χ2v) is 24.3. The quantitative estimate of drug-likeness (QED) is 0.0212. The van der Waals surface area contributed by atoms with E-state index in [2.05, 4.69) is 38.2 Å². The van der Waals surface area contributed by atoms with Crippen LogP contribution in [0.1, 0.15) is 316 Å². The number of phosphoric ester groups is 1. The summed E-state index contributed by atoms with van der Waals surface area (Å²) < 4.78 is 30.3. The average Bonchev–Trinajstić information content (AvgIpc) is 3.35. The molecule has 0 spiro atoms. The lowest BCUT2D eigenvalue weighted by molar-refractivity contribution is -0.870. The number of nitrogens with zero attached hydrogens (tertiary/aromatic N) is 1. The second-order valence-electron chi connectivity index (χ2n) is 22.9. The fourth-order valence-electron chi connectivity index (χ4n) is 9.46. The maximum atomic E-state index is 13.5. The standard InChI is InChI=1S/C63H123N2O7P/c1-7-10-13-16-19-22-25-28-29-30-31-32-33-34-35-38-41-44-47-50-53-56-63(67)72-61(54-51-48-45-42-39-36-26-23-20-17-14-11-8-2)60(59-71-73(68,69)70-58-57-65(4,5)6)64-62(66)55-52-49-46-43-40-37-27-24-21-18-15-12-9-3/h28-29,51,54,60-61H,7-27,30-50,52-53,55-59H2,1-6H3,(H-,64,66,68,69)/b29-28+,54-51+. The summed E-state index contributed by atoms with van der Waals surface area (Å²) in [5, 5.41) is 3.03. The maximum absolute atomic E-state index is 13.5. The summed E-state index contributed by atoms with van der Waals surface area (Å²) in [7, 11) is 1.20. The van der Waals surface area contributed by atoms with Crippen molar-refractivity contribution in [3.8, 4) is 0 Å². The van der Waals surface area contributed by atoms with E-state index < -0.39 is 20.0 Å². The highest BCUT2D eigenvalue weighted by Crippen LogP contribution is 2.38. The number of rotatable bonds is 58. The van der Waals surface area contributed by atoms with Gasteiger partial charge in [-0.05, 0) is 57.4 Å². The number of carbonyl (C=O) groups is 2. The van der Waals surface area contributed by atoms with Gasteiger partial charge in [-0.25, -0.2) is 0 Å². The molecule has 1 N–H and O–H groups in total. The first kappa shape index (κ1) is 71.5. The van der Waals surface area contributed by atoms with E-state index >= 15 is 0 Å². The number of phosphoric acid groups is 1. The molecule has 0 aliphatic heterocycles. The van der Waals surface area contributed by atoms with Crippen LogP contribution in [0.2, 0.25) is 0 Å². The van der Waals surface area contributed by atoms with Crippen molar-refractivity contribution in [1.29, 1.82) is 0 Å². The second kappa shape index (κ2) is 53.9.